The Morgan fingerprint density at radius 1 is 0.818 bits per heavy atom. The zero-order chi connectivity index (χ0) is 39.0. The second kappa shape index (κ2) is 13.0. The summed E-state index contributed by atoms with van der Waals surface area (Å²) in [6.45, 7) is 11.2. The van der Waals surface area contributed by atoms with E-state index in [-0.39, 0.29) is 43.6 Å². The van der Waals surface area contributed by atoms with Gasteiger partial charge in [-0.15, -0.1) is 4.40 Å². The Bertz CT molecular complexity index is 2790. The number of benzene rings is 5. The number of anilines is 3. The van der Waals surface area contributed by atoms with Gasteiger partial charge in [-0.3, -0.25) is 9.59 Å². The van der Waals surface area contributed by atoms with Crippen molar-refractivity contribution in [1.29, 1.82) is 0 Å². The summed E-state index contributed by atoms with van der Waals surface area (Å²) in [7, 11) is -2.70. The Kier molecular flexibility index (Phi) is 8.55. The Morgan fingerprint density at radius 2 is 1.49 bits per heavy atom. The number of para-hydroxylation sites is 1. The van der Waals surface area contributed by atoms with E-state index in [1.54, 1.807) is 43.4 Å². The monoisotopic (exact) mass is 770 g/mol. The van der Waals surface area contributed by atoms with Gasteiger partial charge in [-0.05, 0) is 70.8 Å². The number of aromatic nitrogens is 1. The second-order valence-electron chi connectivity index (χ2n) is 15.9. The number of rotatable bonds is 7. The fourth-order valence-corrected chi connectivity index (χ4v) is 9.49. The molecule has 0 amide bonds. The predicted molar refractivity (Wildman–Crippen MR) is 220 cm³/mol. The van der Waals surface area contributed by atoms with Gasteiger partial charge in [0.05, 0.1) is 28.0 Å². The minimum absolute atomic E-state index is 0.00591. The highest BCUT2D eigenvalue weighted by molar-refractivity contribution is 7.90. The van der Waals surface area contributed by atoms with E-state index in [1.165, 1.54) is 16.7 Å². The van der Waals surface area contributed by atoms with Gasteiger partial charge in [0, 0.05) is 40.3 Å². The summed E-state index contributed by atoms with van der Waals surface area (Å²) in [4.78, 5) is 29.3. The number of halogens is 1. The van der Waals surface area contributed by atoms with Crippen LogP contribution in [0.4, 0.5) is 17.1 Å². The molecular weight excluding hydrogens is 732 g/mol. The number of aryl methyl sites for hydroxylation is 1. The van der Waals surface area contributed by atoms with E-state index in [1.807, 2.05) is 42.5 Å². The summed E-state index contributed by atoms with van der Waals surface area (Å²) in [5.74, 6) is 0.431. The molecule has 0 saturated carbocycles. The fraction of sp³-hybridized carbons (Fsp3) is 0.205. The number of fused-ring (bicyclic) bond motifs is 3. The standard InChI is InChI=1S/C44H39ClN4O5S/c1-43(2,3)24-44(4,5)25-16-19-28(20-17-25)54-33-23-32(46-27-12-8-7-9-13-27)36-37-35(29-14-10-11-15-30(29)40(36)50)38(42(51)49(6)39(33)37)41-47-31-21-18-26(45)22-34(31)55(52,53)48-41/h7-23,46H,24H2,1-6H3,(H,47,48). The topological polar surface area (TPSA) is 119 Å². The number of hydrogen-bond acceptors (Lipinski definition) is 7. The van der Waals surface area contributed by atoms with Crippen molar-refractivity contribution in [3.8, 4) is 22.6 Å². The first-order chi connectivity index (χ1) is 26.0. The van der Waals surface area contributed by atoms with Crippen molar-refractivity contribution in [3.05, 3.63) is 141 Å². The molecule has 55 heavy (non-hydrogen) atoms. The molecule has 2 heterocycles. The summed E-state index contributed by atoms with van der Waals surface area (Å²) < 4.78 is 39.5. The van der Waals surface area contributed by atoms with Crippen molar-refractivity contribution in [3.63, 3.8) is 0 Å². The third kappa shape index (κ3) is 6.39. The molecule has 11 heteroatoms. The lowest BCUT2D eigenvalue weighted by atomic mass is 9.72. The number of pyridine rings is 1. The summed E-state index contributed by atoms with van der Waals surface area (Å²) >= 11 is 6.16. The van der Waals surface area contributed by atoms with Crippen LogP contribution in [0.15, 0.2) is 117 Å². The van der Waals surface area contributed by atoms with Crippen LogP contribution in [0.3, 0.4) is 0 Å². The first-order valence-electron chi connectivity index (χ1n) is 17.9. The van der Waals surface area contributed by atoms with E-state index in [0.29, 0.717) is 50.3 Å². The van der Waals surface area contributed by atoms with Crippen LogP contribution in [0, 0.1) is 5.41 Å². The minimum atomic E-state index is -4.28. The molecule has 1 aliphatic heterocycles. The van der Waals surface area contributed by atoms with Crippen LogP contribution in [0.1, 0.15) is 68.1 Å². The van der Waals surface area contributed by atoms with Gasteiger partial charge in [0.2, 0.25) is 0 Å². The molecular formula is C44H39ClN4O5S. The van der Waals surface area contributed by atoms with Gasteiger partial charge in [-0.1, -0.05) is 101 Å². The maximum Gasteiger partial charge on any atom is 0.286 e. The molecule has 0 unspecified atom stereocenters. The highest BCUT2D eigenvalue weighted by atomic mass is 35.5. The van der Waals surface area contributed by atoms with Gasteiger partial charge in [-0.2, -0.15) is 8.42 Å². The predicted octanol–water partition coefficient (Wildman–Crippen LogP) is 10.2. The van der Waals surface area contributed by atoms with Crippen LogP contribution >= 0.6 is 11.6 Å². The zero-order valence-electron chi connectivity index (χ0n) is 31.2. The first-order valence-corrected chi connectivity index (χ1v) is 19.7. The van der Waals surface area contributed by atoms with Crippen molar-refractivity contribution < 1.29 is 17.9 Å². The second-order valence-corrected chi connectivity index (χ2v) is 17.9. The van der Waals surface area contributed by atoms with E-state index in [0.717, 1.165) is 17.7 Å². The van der Waals surface area contributed by atoms with Crippen LogP contribution in [0.25, 0.3) is 22.0 Å². The molecule has 0 spiro atoms. The van der Waals surface area contributed by atoms with E-state index < -0.39 is 15.6 Å². The number of carbonyl (C=O) groups excluding carboxylic acids is 1. The quantitative estimate of drug-likeness (QED) is 0.166. The molecule has 2 aliphatic rings. The van der Waals surface area contributed by atoms with Crippen LogP contribution in [0.2, 0.25) is 5.02 Å². The van der Waals surface area contributed by atoms with Crippen molar-refractivity contribution in [2.75, 3.05) is 10.6 Å². The average molecular weight is 771 g/mol. The third-order valence-electron chi connectivity index (χ3n) is 10.1. The molecule has 278 valence electrons. The van der Waals surface area contributed by atoms with Crippen molar-refractivity contribution in [2.24, 2.45) is 16.9 Å². The molecule has 9 nitrogen and oxygen atoms in total. The highest BCUT2D eigenvalue weighted by Crippen LogP contribution is 2.48. The van der Waals surface area contributed by atoms with Crippen LogP contribution in [-0.4, -0.2) is 24.6 Å². The Hall–Kier alpha value is -5.71. The summed E-state index contributed by atoms with van der Waals surface area (Å²) in [5.41, 5.74) is 3.93. The zero-order valence-corrected chi connectivity index (χ0v) is 32.8. The summed E-state index contributed by atoms with van der Waals surface area (Å²) in [6.07, 6.45) is 0.977. The molecule has 2 N–H and O–H groups in total. The smallest absolute Gasteiger partial charge is 0.286 e. The van der Waals surface area contributed by atoms with Gasteiger partial charge in [0.1, 0.15) is 10.6 Å². The number of ether oxygens (including phenoxy) is 1. The number of carbonyl (C=O) groups is 1. The molecule has 0 fully saturated rings. The molecule has 0 radical (unpaired) electrons. The molecule has 1 aromatic heterocycles. The van der Waals surface area contributed by atoms with Gasteiger partial charge in [-0.25, -0.2) is 0 Å². The van der Waals surface area contributed by atoms with E-state index >= 15 is 0 Å². The van der Waals surface area contributed by atoms with Crippen molar-refractivity contribution in [2.45, 2.75) is 51.3 Å². The Balaban J connectivity index is 1.40. The van der Waals surface area contributed by atoms with Crippen LogP contribution in [-0.2, 0) is 22.5 Å². The van der Waals surface area contributed by atoms with E-state index in [2.05, 4.69) is 61.8 Å². The number of nitrogens with one attached hydrogen (secondary N) is 2. The third-order valence-corrected chi connectivity index (χ3v) is 11.7. The molecule has 1 aliphatic carbocycles. The summed E-state index contributed by atoms with van der Waals surface area (Å²) in [5, 5.41) is 7.18. The number of hydrogen-bond donors (Lipinski definition) is 2. The Morgan fingerprint density at radius 3 is 2.18 bits per heavy atom. The number of nitrogens with zero attached hydrogens (tertiary/aromatic N) is 2. The van der Waals surface area contributed by atoms with Crippen molar-refractivity contribution in [1.82, 2.24) is 4.57 Å². The number of sulfonamides is 1. The maximum absolute atomic E-state index is 14.8. The SMILES string of the molecule is Cn1c(=O)c(C2=NS(=O)(=O)c3cc(Cl)ccc3N2)c2c3c(c(Nc4ccccc4)cc(Oc4ccc(C(C)(C)CC(C)(C)C)cc4)c31)C(=O)c1ccccc1-2. The molecule has 8 rings (SSSR count). The average Bonchev–Trinajstić information content (AvgIpc) is 3.12. The van der Waals surface area contributed by atoms with Gasteiger partial charge < -0.3 is 19.9 Å². The molecule has 0 atom stereocenters. The number of ketones is 1. The lowest BCUT2D eigenvalue weighted by Crippen LogP contribution is -2.34. The Labute approximate surface area is 324 Å². The van der Waals surface area contributed by atoms with Gasteiger partial charge in [0.15, 0.2) is 17.4 Å². The number of amidine groups is 1. The van der Waals surface area contributed by atoms with E-state index in [9.17, 15) is 18.0 Å². The van der Waals surface area contributed by atoms with Crippen LogP contribution < -0.4 is 20.9 Å². The van der Waals surface area contributed by atoms with Crippen molar-refractivity contribution >= 4 is 61.2 Å². The van der Waals surface area contributed by atoms with Gasteiger partial charge in [0.25, 0.3) is 15.6 Å². The normalized spacial score (nSPS) is 14.5. The molecule has 0 saturated heterocycles. The van der Waals surface area contributed by atoms with Gasteiger partial charge >= 0.3 is 0 Å². The lowest BCUT2D eigenvalue weighted by Gasteiger charge is -2.33. The first kappa shape index (κ1) is 36.3. The lowest BCUT2D eigenvalue weighted by molar-refractivity contribution is 0.104. The highest BCUT2D eigenvalue weighted by Gasteiger charge is 2.37. The maximum atomic E-state index is 14.8. The van der Waals surface area contributed by atoms with Crippen LogP contribution in [0.5, 0.6) is 11.5 Å². The molecule has 0 bridgehead atoms. The fourth-order valence-electron chi connectivity index (χ4n) is 8.11. The molecule has 6 aromatic rings. The minimum Gasteiger partial charge on any atom is -0.455 e. The molecule has 5 aromatic carbocycles. The van der Waals surface area contributed by atoms with E-state index in [4.69, 9.17) is 16.3 Å². The summed E-state index contributed by atoms with van der Waals surface area (Å²) in [6, 6.07) is 30.6. The largest absolute Gasteiger partial charge is 0.455 e.